The number of benzene rings is 3. The second-order valence-corrected chi connectivity index (χ2v) is 13.0. The molecule has 0 N–H and O–H groups in total. The lowest BCUT2D eigenvalue weighted by Crippen LogP contribution is -2.26. The zero-order chi connectivity index (χ0) is 34.2. The highest BCUT2D eigenvalue weighted by molar-refractivity contribution is 5.68. The Morgan fingerprint density at radius 1 is 0.542 bits per heavy atom. The molecule has 2 aliphatic rings. The molecule has 1 fully saturated rings. The maximum absolute atomic E-state index is 15.1. The van der Waals surface area contributed by atoms with Gasteiger partial charge >= 0.3 is 0 Å². The molecule has 0 bridgehead atoms. The molecule has 3 aromatic rings. The average Bonchev–Trinajstić information content (AvgIpc) is 3.10. The number of unbranched alkanes of at least 4 members (excludes halogenated alkanes) is 2. The molecular weight excluding hydrogens is 630 g/mol. The van der Waals surface area contributed by atoms with Gasteiger partial charge in [-0.1, -0.05) is 32.8 Å². The van der Waals surface area contributed by atoms with Crippen LogP contribution in [0.15, 0.2) is 42.5 Å². The van der Waals surface area contributed by atoms with Crippen molar-refractivity contribution in [2.24, 2.45) is 17.8 Å². The molecule has 260 valence electrons. The summed E-state index contributed by atoms with van der Waals surface area (Å²) >= 11 is 0. The topological polar surface area (TPSA) is 27.7 Å². The molecule has 5 rings (SSSR count). The molecule has 9 heteroatoms. The predicted molar refractivity (Wildman–Crippen MR) is 175 cm³/mol. The minimum Gasteiger partial charge on any atom is -0.490 e. The van der Waals surface area contributed by atoms with Gasteiger partial charge in [0.05, 0.1) is 19.8 Å². The Bertz CT molecular complexity index is 1580. The van der Waals surface area contributed by atoms with Crippen molar-refractivity contribution in [3.63, 3.8) is 0 Å². The Labute approximate surface area is 279 Å². The lowest BCUT2D eigenvalue weighted by molar-refractivity contribution is 0.146. The second-order valence-electron chi connectivity index (χ2n) is 13.0. The quantitative estimate of drug-likeness (QED) is 0.126. The second kappa shape index (κ2) is 16.7. The highest BCUT2D eigenvalue weighted by Crippen LogP contribution is 2.43. The van der Waals surface area contributed by atoms with E-state index < -0.39 is 46.0 Å². The lowest BCUT2D eigenvalue weighted by Gasteiger charge is -2.35. The molecular formula is C39H44F6O3. The van der Waals surface area contributed by atoms with Gasteiger partial charge in [-0.15, -0.1) is 0 Å². The van der Waals surface area contributed by atoms with E-state index in [1.807, 2.05) is 19.9 Å². The van der Waals surface area contributed by atoms with Crippen molar-refractivity contribution >= 4 is 5.57 Å². The van der Waals surface area contributed by atoms with E-state index in [0.717, 1.165) is 63.4 Å². The van der Waals surface area contributed by atoms with Crippen LogP contribution in [0.5, 0.6) is 17.2 Å². The van der Waals surface area contributed by atoms with Gasteiger partial charge in [-0.2, -0.15) is 13.2 Å². The van der Waals surface area contributed by atoms with Crippen LogP contribution in [-0.2, 0) is 0 Å². The van der Waals surface area contributed by atoms with Crippen LogP contribution in [0.4, 0.5) is 26.3 Å². The smallest absolute Gasteiger partial charge is 0.201 e. The Morgan fingerprint density at radius 2 is 1.02 bits per heavy atom. The fourth-order valence-electron chi connectivity index (χ4n) is 6.81. The molecule has 0 amide bonds. The molecule has 2 aliphatic carbocycles. The van der Waals surface area contributed by atoms with E-state index >= 15 is 8.78 Å². The summed E-state index contributed by atoms with van der Waals surface area (Å²) in [5.41, 5.74) is 0.326. The predicted octanol–water partition coefficient (Wildman–Crippen LogP) is 11.6. The van der Waals surface area contributed by atoms with Crippen molar-refractivity contribution in [3.8, 4) is 28.4 Å². The van der Waals surface area contributed by atoms with Crippen molar-refractivity contribution < 1.29 is 40.6 Å². The lowest BCUT2D eigenvalue weighted by atomic mass is 9.71. The fraction of sp³-hybridized carbons (Fsp3) is 0.487. The summed E-state index contributed by atoms with van der Waals surface area (Å²) in [4.78, 5) is 0. The summed E-state index contributed by atoms with van der Waals surface area (Å²) in [5, 5.41) is 0. The number of halogens is 6. The fourth-order valence-corrected chi connectivity index (χ4v) is 6.81. The molecule has 1 atom stereocenters. The zero-order valence-corrected chi connectivity index (χ0v) is 27.7. The van der Waals surface area contributed by atoms with Gasteiger partial charge in [0, 0.05) is 16.7 Å². The van der Waals surface area contributed by atoms with Gasteiger partial charge in [-0.25, -0.2) is 13.2 Å². The summed E-state index contributed by atoms with van der Waals surface area (Å²) in [6, 6.07) is 7.96. The van der Waals surface area contributed by atoms with Crippen LogP contribution < -0.4 is 14.2 Å². The molecule has 0 spiro atoms. The van der Waals surface area contributed by atoms with Crippen LogP contribution in [0, 0.1) is 52.7 Å². The number of hydrogen-bond donors (Lipinski definition) is 0. The first kappa shape index (κ1) is 35.7. The number of rotatable bonds is 14. The Kier molecular flexibility index (Phi) is 12.4. The van der Waals surface area contributed by atoms with Crippen molar-refractivity contribution in [3.05, 3.63) is 82.9 Å². The molecule has 0 saturated heterocycles. The first-order valence-corrected chi connectivity index (χ1v) is 17.3. The molecule has 0 radical (unpaired) electrons. The van der Waals surface area contributed by atoms with Gasteiger partial charge < -0.3 is 14.2 Å². The molecule has 1 saturated carbocycles. The van der Waals surface area contributed by atoms with Crippen LogP contribution in [-0.4, -0.2) is 19.8 Å². The Balaban J connectivity index is 1.12. The minimum absolute atomic E-state index is 0.0498. The molecule has 3 aromatic carbocycles. The van der Waals surface area contributed by atoms with Gasteiger partial charge in [0.2, 0.25) is 17.5 Å². The standard InChI is InChI=1S/C39H44F6O3/c1-3-5-21-46-31-18-15-28(34(40)37(31)43)27-13-11-26(12-14-27)25-9-7-24(8-10-25)23-48-33-20-17-30(36(42)39(33)45)29-16-19-32(38(44)35(29)41)47-22-6-4-2/h13,15-20,24-26H,3-12,14,21-23H2,1-2H3. The van der Waals surface area contributed by atoms with Gasteiger partial charge in [-0.3, -0.25) is 0 Å². The first-order chi connectivity index (χ1) is 23.2. The van der Waals surface area contributed by atoms with Crippen molar-refractivity contribution in [2.75, 3.05) is 19.8 Å². The van der Waals surface area contributed by atoms with E-state index in [2.05, 4.69) is 0 Å². The van der Waals surface area contributed by atoms with Crippen LogP contribution >= 0.6 is 0 Å². The Morgan fingerprint density at radius 3 is 1.50 bits per heavy atom. The van der Waals surface area contributed by atoms with Gasteiger partial charge in [0.25, 0.3) is 0 Å². The summed E-state index contributed by atoms with van der Waals surface area (Å²) in [7, 11) is 0. The number of hydrogen-bond acceptors (Lipinski definition) is 3. The van der Waals surface area contributed by atoms with E-state index in [0.29, 0.717) is 36.8 Å². The minimum atomic E-state index is -1.31. The molecule has 0 aliphatic heterocycles. The van der Waals surface area contributed by atoms with Crippen molar-refractivity contribution in [1.82, 2.24) is 0 Å². The van der Waals surface area contributed by atoms with Crippen molar-refractivity contribution in [2.45, 2.75) is 84.5 Å². The third-order valence-electron chi connectivity index (χ3n) is 9.77. The first-order valence-electron chi connectivity index (χ1n) is 17.3. The summed E-state index contributed by atoms with van der Waals surface area (Å²) < 4.78 is 105. The largest absolute Gasteiger partial charge is 0.490 e. The normalized spacial score (nSPS) is 19.6. The third kappa shape index (κ3) is 8.15. The van der Waals surface area contributed by atoms with Crippen molar-refractivity contribution in [1.29, 1.82) is 0 Å². The maximum atomic E-state index is 15.1. The third-order valence-corrected chi connectivity index (χ3v) is 9.77. The van der Waals surface area contributed by atoms with E-state index in [-0.39, 0.29) is 36.4 Å². The van der Waals surface area contributed by atoms with E-state index in [4.69, 9.17) is 14.2 Å². The van der Waals surface area contributed by atoms with E-state index in [1.165, 1.54) is 30.3 Å². The zero-order valence-electron chi connectivity index (χ0n) is 27.7. The Hall–Kier alpha value is -3.62. The van der Waals surface area contributed by atoms with Crippen LogP contribution in [0.1, 0.15) is 90.0 Å². The number of ether oxygens (including phenoxy) is 3. The van der Waals surface area contributed by atoms with Gasteiger partial charge in [0.15, 0.2) is 34.7 Å². The van der Waals surface area contributed by atoms with Crippen LogP contribution in [0.25, 0.3) is 16.7 Å². The van der Waals surface area contributed by atoms with E-state index in [9.17, 15) is 17.6 Å². The summed E-state index contributed by atoms with van der Waals surface area (Å²) in [6.07, 6.45) is 11.3. The molecule has 1 unspecified atom stereocenters. The van der Waals surface area contributed by atoms with Crippen LogP contribution in [0.3, 0.4) is 0 Å². The maximum Gasteiger partial charge on any atom is 0.201 e. The number of allylic oxidation sites excluding steroid dienone is 2. The summed E-state index contributed by atoms with van der Waals surface area (Å²) in [6.45, 7) is 4.73. The van der Waals surface area contributed by atoms with Gasteiger partial charge in [-0.05, 0) is 118 Å². The van der Waals surface area contributed by atoms with Gasteiger partial charge in [0.1, 0.15) is 0 Å². The molecule has 0 heterocycles. The molecule has 3 nitrogen and oxygen atoms in total. The van der Waals surface area contributed by atoms with Crippen LogP contribution in [0.2, 0.25) is 0 Å². The monoisotopic (exact) mass is 674 g/mol. The average molecular weight is 675 g/mol. The SMILES string of the molecule is CCCCOc1ccc(C2=CCC(C3CCC(COc4ccc(-c5ccc(OCCCC)c(F)c5F)c(F)c4F)CC3)CC2)c(F)c1F. The highest BCUT2D eigenvalue weighted by Gasteiger charge is 2.30. The molecule has 0 aromatic heterocycles. The molecule has 48 heavy (non-hydrogen) atoms. The summed E-state index contributed by atoms with van der Waals surface area (Å²) in [5.74, 6) is -6.39. The van der Waals surface area contributed by atoms with E-state index in [1.54, 1.807) is 6.07 Å². The highest BCUT2D eigenvalue weighted by atomic mass is 19.2.